The van der Waals surface area contributed by atoms with Crippen molar-refractivity contribution >= 4 is 29.1 Å². The topological polar surface area (TPSA) is 49.8 Å². The van der Waals surface area contributed by atoms with Crippen LogP contribution in [0.5, 0.6) is 0 Å². The van der Waals surface area contributed by atoms with Crippen LogP contribution in [-0.4, -0.2) is 35.2 Å². The molecule has 4 nitrogen and oxygen atoms in total. The van der Waals surface area contributed by atoms with Crippen LogP contribution < -0.4 is 0 Å². The molecule has 0 aromatic heterocycles. The van der Waals surface area contributed by atoms with E-state index in [4.69, 9.17) is 27.9 Å². The lowest BCUT2D eigenvalue weighted by molar-refractivity contribution is -0.165. The summed E-state index contributed by atoms with van der Waals surface area (Å²) in [5.74, 6) is -0.673. The number of alkyl halides is 6. The van der Waals surface area contributed by atoms with Gasteiger partial charge >= 0.3 is 12.4 Å². The zero-order chi connectivity index (χ0) is 24.6. The highest BCUT2D eigenvalue weighted by molar-refractivity contribution is 6.42. The molecule has 12 heteroatoms. The van der Waals surface area contributed by atoms with Crippen LogP contribution in [0.25, 0.3) is 0 Å². The fraction of sp³-hybridized carbons (Fsp3) is 0.381. The third-order valence-electron chi connectivity index (χ3n) is 5.01. The third kappa shape index (κ3) is 6.11. The Labute approximate surface area is 194 Å². The first-order chi connectivity index (χ1) is 15.3. The van der Waals surface area contributed by atoms with Gasteiger partial charge in [0.15, 0.2) is 6.10 Å². The van der Waals surface area contributed by atoms with Gasteiger partial charge in [-0.15, -0.1) is 0 Å². The van der Waals surface area contributed by atoms with Gasteiger partial charge in [0.25, 0.3) is 5.91 Å². The highest BCUT2D eigenvalue weighted by Gasteiger charge is 2.39. The first-order valence-corrected chi connectivity index (χ1v) is 10.3. The first-order valence-electron chi connectivity index (χ1n) is 9.58. The maximum atomic E-state index is 13.2. The van der Waals surface area contributed by atoms with Crippen molar-refractivity contribution in [3.63, 3.8) is 0 Å². The Hall–Kier alpha value is -2.01. The van der Waals surface area contributed by atoms with E-state index < -0.39 is 48.1 Å². The molecule has 1 saturated heterocycles. The van der Waals surface area contributed by atoms with Crippen molar-refractivity contribution in [3.05, 3.63) is 68.7 Å². The van der Waals surface area contributed by atoms with Crippen LogP contribution in [0.3, 0.4) is 0 Å². The second-order valence-electron chi connectivity index (χ2n) is 7.46. The van der Waals surface area contributed by atoms with E-state index in [1.54, 1.807) is 0 Å². The summed E-state index contributed by atoms with van der Waals surface area (Å²) in [7, 11) is 0. The van der Waals surface area contributed by atoms with Gasteiger partial charge in [-0.2, -0.15) is 26.3 Å². The van der Waals surface area contributed by atoms with E-state index in [9.17, 15) is 36.2 Å². The van der Waals surface area contributed by atoms with E-state index in [1.807, 2.05) is 0 Å². The van der Waals surface area contributed by atoms with Crippen LogP contribution in [0.2, 0.25) is 10.0 Å². The van der Waals surface area contributed by atoms with Crippen molar-refractivity contribution in [1.82, 2.24) is 4.90 Å². The van der Waals surface area contributed by atoms with Gasteiger partial charge in [0.05, 0.1) is 27.3 Å². The molecule has 1 heterocycles. The first kappa shape index (κ1) is 25.6. The summed E-state index contributed by atoms with van der Waals surface area (Å²) in [5, 5.41) is 9.63. The maximum Gasteiger partial charge on any atom is 0.416 e. The lowest BCUT2D eigenvalue weighted by atomic mass is 10.0. The molecule has 2 aromatic rings. The number of hydrogen-bond acceptors (Lipinski definition) is 3. The molecule has 0 aliphatic carbocycles. The number of hydrogen-bond donors (Lipinski definition) is 1. The Morgan fingerprint density at radius 2 is 1.58 bits per heavy atom. The smallest absolute Gasteiger partial charge is 0.396 e. The molecule has 2 unspecified atom stereocenters. The fourth-order valence-electron chi connectivity index (χ4n) is 3.47. The second-order valence-corrected chi connectivity index (χ2v) is 8.27. The number of carbonyl (C=O) groups is 1. The number of aliphatic hydroxyl groups is 1. The minimum absolute atomic E-state index is 0.0255. The summed E-state index contributed by atoms with van der Waals surface area (Å²) >= 11 is 11.9. The van der Waals surface area contributed by atoms with Crippen molar-refractivity contribution in [2.45, 2.75) is 37.5 Å². The van der Waals surface area contributed by atoms with Gasteiger partial charge in [-0.05, 0) is 47.9 Å². The number of nitrogens with zero attached hydrogens (tertiary/aromatic N) is 1. The monoisotopic (exact) mass is 515 g/mol. The Morgan fingerprint density at radius 3 is 2.09 bits per heavy atom. The quantitative estimate of drug-likeness (QED) is 0.505. The zero-order valence-electron chi connectivity index (χ0n) is 16.7. The molecule has 0 saturated carbocycles. The Kier molecular flexibility index (Phi) is 7.52. The van der Waals surface area contributed by atoms with Crippen LogP contribution in [0.15, 0.2) is 36.4 Å². The Balaban J connectivity index is 1.97. The van der Waals surface area contributed by atoms with Gasteiger partial charge in [0, 0.05) is 19.7 Å². The molecule has 1 aliphatic rings. The number of benzene rings is 2. The number of rotatable bonds is 5. The molecule has 2 atom stereocenters. The number of morpholine rings is 1. The van der Waals surface area contributed by atoms with Gasteiger partial charge in [0.2, 0.25) is 0 Å². The van der Waals surface area contributed by atoms with Crippen molar-refractivity contribution < 1.29 is 41.0 Å². The molecule has 0 spiro atoms. The van der Waals surface area contributed by atoms with Crippen molar-refractivity contribution in [2.24, 2.45) is 0 Å². The molecule has 0 bridgehead atoms. The number of halogens is 8. The van der Waals surface area contributed by atoms with E-state index in [0.29, 0.717) is 17.7 Å². The molecule has 1 amide bonds. The van der Waals surface area contributed by atoms with Crippen LogP contribution in [0.4, 0.5) is 26.3 Å². The Morgan fingerprint density at radius 1 is 0.970 bits per heavy atom. The van der Waals surface area contributed by atoms with Crippen LogP contribution in [0, 0.1) is 0 Å². The number of amides is 1. The molecule has 180 valence electrons. The van der Waals surface area contributed by atoms with Gasteiger partial charge in [-0.3, -0.25) is 4.79 Å². The SMILES string of the molecule is O=C1C(c2ccc(Cl)c(Cl)c2)OC(CCO)CN1Cc1cc(C(F)(F)F)cc(C(F)(F)F)c1. The van der Waals surface area contributed by atoms with Gasteiger partial charge in [-0.25, -0.2) is 0 Å². The number of carbonyl (C=O) groups excluding carboxylic acids is 1. The minimum Gasteiger partial charge on any atom is -0.396 e. The lowest BCUT2D eigenvalue weighted by Crippen LogP contribution is -2.48. The van der Waals surface area contributed by atoms with Crippen molar-refractivity contribution in [1.29, 1.82) is 0 Å². The molecule has 3 rings (SSSR count). The molecule has 1 fully saturated rings. The van der Waals surface area contributed by atoms with E-state index in [-0.39, 0.29) is 41.2 Å². The fourth-order valence-corrected chi connectivity index (χ4v) is 3.78. The van der Waals surface area contributed by atoms with E-state index in [2.05, 4.69) is 0 Å². The summed E-state index contributed by atoms with van der Waals surface area (Å²) in [6.45, 7) is -0.952. The van der Waals surface area contributed by atoms with E-state index >= 15 is 0 Å². The van der Waals surface area contributed by atoms with Crippen LogP contribution in [0.1, 0.15) is 34.8 Å². The summed E-state index contributed by atoms with van der Waals surface area (Å²) < 4.78 is 84.9. The van der Waals surface area contributed by atoms with Crippen molar-refractivity contribution in [2.75, 3.05) is 13.2 Å². The molecule has 33 heavy (non-hydrogen) atoms. The minimum atomic E-state index is -5.01. The molecular weight excluding hydrogens is 499 g/mol. The molecule has 2 aromatic carbocycles. The van der Waals surface area contributed by atoms with Gasteiger partial charge in [0.1, 0.15) is 0 Å². The zero-order valence-corrected chi connectivity index (χ0v) is 18.2. The predicted molar refractivity (Wildman–Crippen MR) is 108 cm³/mol. The van der Waals surface area contributed by atoms with Gasteiger partial charge < -0.3 is 14.7 Å². The van der Waals surface area contributed by atoms with Gasteiger partial charge in [-0.1, -0.05) is 29.3 Å². The number of ether oxygens (including phenoxy) is 1. The third-order valence-corrected chi connectivity index (χ3v) is 5.75. The molecular formula is C21H17Cl2F6NO3. The average Bonchev–Trinajstić information content (AvgIpc) is 2.71. The van der Waals surface area contributed by atoms with Crippen LogP contribution >= 0.6 is 23.2 Å². The lowest BCUT2D eigenvalue weighted by Gasteiger charge is -2.38. The largest absolute Gasteiger partial charge is 0.416 e. The Bertz CT molecular complexity index is 996. The second kappa shape index (κ2) is 9.69. The van der Waals surface area contributed by atoms with E-state index in [1.165, 1.54) is 18.2 Å². The van der Waals surface area contributed by atoms with Crippen molar-refractivity contribution in [3.8, 4) is 0 Å². The standard InChI is InChI=1S/C21H17Cl2F6NO3/c22-16-2-1-12(7-17(16)23)18-19(32)30(10-15(33-18)3-4-31)9-11-5-13(20(24,25)26)8-14(6-11)21(27,28)29/h1-2,5-8,15,18,31H,3-4,9-10H2. The molecule has 1 N–H and O–H groups in total. The summed E-state index contributed by atoms with van der Waals surface area (Å²) in [5.41, 5.74) is -2.98. The summed E-state index contributed by atoms with van der Waals surface area (Å²) in [4.78, 5) is 14.2. The van der Waals surface area contributed by atoms with E-state index in [0.717, 1.165) is 4.90 Å². The maximum absolute atomic E-state index is 13.2. The number of aliphatic hydroxyl groups excluding tert-OH is 1. The molecule has 0 radical (unpaired) electrons. The summed E-state index contributed by atoms with van der Waals surface area (Å²) in [6, 6.07) is 5.47. The predicted octanol–water partition coefficient (Wildman–Crippen LogP) is 5.88. The summed E-state index contributed by atoms with van der Waals surface area (Å²) in [6.07, 6.45) is -11.9. The average molecular weight is 516 g/mol. The van der Waals surface area contributed by atoms with Crippen LogP contribution in [-0.2, 0) is 28.4 Å². The molecule has 1 aliphatic heterocycles. The normalized spacial score (nSPS) is 19.8. The highest BCUT2D eigenvalue weighted by atomic mass is 35.5. The highest BCUT2D eigenvalue weighted by Crippen LogP contribution is 2.37.